The molecule has 3 aliphatic carbocycles. The first-order valence-corrected chi connectivity index (χ1v) is 13.5. The number of aromatic hydroxyl groups is 1. The molecule has 3 saturated carbocycles. The van der Waals surface area contributed by atoms with Crippen molar-refractivity contribution in [1.29, 1.82) is 0 Å². The second kappa shape index (κ2) is 9.39. The van der Waals surface area contributed by atoms with Crippen molar-refractivity contribution < 1.29 is 9.90 Å². The van der Waals surface area contributed by atoms with E-state index in [0.29, 0.717) is 65.4 Å². The molecular formula is C29H36N6O2. The van der Waals surface area contributed by atoms with Crippen LogP contribution in [0.15, 0.2) is 54.3 Å². The predicted octanol–water partition coefficient (Wildman–Crippen LogP) is 3.17. The zero-order chi connectivity index (χ0) is 25.7. The molecule has 5 atom stereocenters. The maximum atomic E-state index is 11.6. The predicted molar refractivity (Wildman–Crippen MR) is 141 cm³/mol. The SMILES string of the molecule is NC(N)=C(/C=C(\N)c1ccccc1O)N1CCC2CC(c3ncc(C4CCC(=O)CC4)cn3)C3C(C1)C23. The number of carbonyl (C=O) groups excluding carboxylic acids is 1. The summed E-state index contributed by atoms with van der Waals surface area (Å²) in [6, 6.07) is 7.02. The van der Waals surface area contributed by atoms with E-state index in [2.05, 4.69) is 4.90 Å². The second-order valence-electron chi connectivity index (χ2n) is 11.3. The van der Waals surface area contributed by atoms with Crippen LogP contribution in [-0.4, -0.2) is 38.8 Å². The molecule has 1 aromatic heterocycles. The van der Waals surface area contributed by atoms with Crippen molar-refractivity contribution in [1.82, 2.24) is 14.9 Å². The van der Waals surface area contributed by atoms with Crippen molar-refractivity contribution in [3.05, 3.63) is 71.2 Å². The molecule has 5 unspecified atom stereocenters. The fourth-order valence-electron chi connectivity index (χ4n) is 7.34. The van der Waals surface area contributed by atoms with Crippen molar-refractivity contribution in [2.45, 2.75) is 50.4 Å². The Kier molecular flexibility index (Phi) is 6.05. The van der Waals surface area contributed by atoms with Crippen LogP contribution in [-0.2, 0) is 4.79 Å². The van der Waals surface area contributed by atoms with Gasteiger partial charge in [0.25, 0.3) is 0 Å². The summed E-state index contributed by atoms with van der Waals surface area (Å²) in [7, 11) is 0. The number of allylic oxidation sites excluding steroid dienone is 1. The van der Waals surface area contributed by atoms with Gasteiger partial charge >= 0.3 is 0 Å². The lowest BCUT2D eigenvalue weighted by molar-refractivity contribution is -0.120. The summed E-state index contributed by atoms with van der Waals surface area (Å²) in [6.07, 6.45) is 11.2. The molecular weight excluding hydrogens is 464 g/mol. The van der Waals surface area contributed by atoms with E-state index in [-0.39, 0.29) is 11.6 Å². The van der Waals surface area contributed by atoms with E-state index in [0.717, 1.165) is 50.3 Å². The highest BCUT2D eigenvalue weighted by atomic mass is 16.3. The molecule has 1 saturated heterocycles. The number of hydrogen-bond acceptors (Lipinski definition) is 8. The molecule has 8 heteroatoms. The van der Waals surface area contributed by atoms with Gasteiger partial charge in [-0.3, -0.25) is 4.79 Å². The van der Waals surface area contributed by atoms with Gasteiger partial charge in [0.15, 0.2) is 0 Å². The van der Waals surface area contributed by atoms with Gasteiger partial charge in [-0.2, -0.15) is 0 Å². The number of Topliss-reactive ketones (excluding diaryl/α,β-unsaturated/α-hetero) is 1. The summed E-state index contributed by atoms with van der Waals surface area (Å²) in [5, 5.41) is 10.2. The molecule has 8 nitrogen and oxygen atoms in total. The van der Waals surface area contributed by atoms with Crippen molar-refractivity contribution in [2.75, 3.05) is 13.1 Å². The number of phenols is 1. The van der Waals surface area contributed by atoms with Crippen molar-refractivity contribution in [3.8, 4) is 5.75 Å². The molecule has 0 spiro atoms. The summed E-state index contributed by atoms with van der Waals surface area (Å²) >= 11 is 0. The number of fused-ring (bicyclic) bond motifs is 1. The lowest BCUT2D eigenvalue weighted by Crippen LogP contribution is -2.30. The van der Waals surface area contributed by atoms with Crippen molar-refractivity contribution >= 4 is 11.5 Å². The number of rotatable bonds is 5. The van der Waals surface area contributed by atoms with Gasteiger partial charge in [0.05, 0.1) is 5.70 Å². The Morgan fingerprint density at radius 1 is 1.03 bits per heavy atom. The number of aromatic nitrogens is 2. The molecule has 194 valence electrons. The van der Waals surface area contributed by atoms with Crippen molar-refractivity contribution in [2.24, 2.45) is 40.9 Å². The lowest BCUT2D eigenvalue weighted by Gasteiger charge is -2.26. The summed E-state index contributed by atoms with van der Waals surface area (Å²) in [6.45, 7) is 1.75. The third-order valence-corrected chi connectivity index (χ3v) is 9.24. The minimum atomic E-state index is 0.133. The minimum absolute atomic E-state index is 0.133. The van der Waals surface area contributed by atoms with Gasteiger partial charge < -0.3 is 27.2 Å². The molecule has 1 aliphatic heterocycles. The first-order valence-electron chi connectivity index (χ1n) is 13.5. The third-order valence-electron chi connectivity index (χ3n) is 9.24. The van der Waals surface area contributed by atoms with Crippen LogP contribution in [0.1, 0.15) is 67.3 Å². The molecule has 7 N–H and O–H groups in total. The quantitative estimate of drug-likeness (QED) is 0.458. The van der Waals surface area contributed by atoms with Gasteiger partial charge in [-0.1, -0.05) is 12.1 Å². The standard InChI is InChI=1S/C29H36N6O2/c30-23(20-3-1-2-4-25(20)37)12-24(28(31)32)35-10-9-17-11-21(27-22(15-35)26(17)27)29-33-13-18(14-34-29)16-5-7-19(36)8-6-16/h1-4,12-14,16-17,21-22,26-27,37H,5-11,15,30-32H2/b23-12-. The van der Waals surface area contributed by atoms with Gasteiger partial charge in [0.2, 0.25) is 0 Å². The number of carbonyl (C=O) groups is 1. The van der Waals surface area contributed by atoms with E-state index in [9.17, 15) is 9.90 Å². The number of phenolic OH excluding ortho intramolecular Hbond substituents is 1. The zero-order valence-electron chi connectivity index (χ0n) is 21.1. The highest BCUT2D eigenvalue weighted by Crippen LogP contribution is 2.67. The smallest absolute Gasteiger partial charge is 0.132 e. The van der Waals surface area contributed by atoms with Crippen LogP contribution in [0.4, 0.5) is 0 Å². The molecule has 4 fully saturated rings. The Labute approximate surface area is 217 Å². The Hall–Kier alpha value is -3.55. The van der Waals surface area contributed by atoms with Crippen LogP contribution in [0.5, 0.6) is 5.75 Å². The molecule has 6 rings (SSSR count). The van der Waals surface area contributed by atoms with Gasteiger partial charge in [-0.05, 0) is 79.0 Å². The topological polar surface area (TPSA) is 144 Å². The monoisotopic (exact) mass is 500 g/mol. The van der Waals surface area contributed by atoms with E-state index in [1.165, 1.54) is 5.56 Å². The highest BCUT2D eigenvalue weighted by Gasteiger charge is 2.64. The van der Waals surface area contributed by atoms with Gasteiger partial charge in [-0.25, -0.2) is 9.97 Å². The number of benzene rings is 1. The number of ketones is 1. The number of nitrogens with zero attached hydrogens (tertiary/aromatic N) is 3. The van der Waals surface area contributed by atoms with E-state index >= 15 is 0 Å². The Morgan fingerprint density at radius 2 is 1.76 bits per heavy atom. The average Bonchev–Trinajstić information content (AvgIpc) is 3.49. The summed E-state index contributed by atoms with van der Waals surface area (Å²) < 4.78 is 0. The molecule has 2 aromatic rings. The zero-order valence-corrected chi connectivity index (χ0v) is 21.1. The number of nitrogens with two attached hydrogens (primary N) is 3. The van der Waals surface area contributed by atoms with Crippen LogP contribution in [0.2, 0.25) is 0 Å². The highest BCUT2D eigenvalue weighted by molar-refractivity contribution is 5.79. The Bertz CT molecular complexity index is 1240. The normalized spacial score (nSPS) is 29.5. The van der Waals surface area contributed by atoms with E-state index < -0.39 is 0 Å². The van der Waals surface area contributed by atoms with Crippen LogP contribution >= 0.6 is 0 Å². The third kappa shape index (κ3) is 4.43. The second-order valence-corrected chi connectivity index (χ2v) is 11.3. The molecule has 37 heavy (non-hydrogen) atoms. The number of likely N-dealkylation sites (tertiary alicyclic amines) is 1. The maximum Gasteiger partial charge on any atom is 0.132 e. The maximum absolute atomic E-state index is 11.6. The van der Waals surface area contributed by atoms with Gasteiger partial charge in [-0.15, -0.1) is 0 Å². The molecule has 2 heterocycles. The van der Waals surface area contributed by atoms with E-state index in [1.54, 1.807) is 24.3 Å². The van der Waals surface area contributed by atoms with Crippen LogP contribution in [0, 0.1) is 23.7 Å². The molecule has 0 bridgehead atoms. The molecule has 0 radical (unpaired) electrons. The van der Waals surface area contributed by atoms with E-state index in [1.807, 2.05) is 18.5 Å². The summed E-state index contributed by atoms with van der Waals surface area (Å²) in [5.41, 5.74) is 21.6. The van der Waals surface area contributed by atoms with Crippen LogP contribution < -0.4 is 17.2 Å². The average molecular weight is 501 g/mol. The van der Waals surface area contributed by atoms with E-state index in [4.69, 9.17) is 27.2 Å². The number of para-hydroxylation sites is 1. The largest absolute Gasteiger partial charge is 0.507 e. The lowest BCUT2D eigenvalue weighted by atomic mass is 9.84. The molecule has 4 aliphatic rings. The summed E-state index contributed by atoms with van der Waals surface area (Å²) in [5.74, 6) is 5.02. The summed E-state index contributed by atoms with van der Waals surface area (Å²) in [4.78, 5) is 23.6. The number of hydrogen-bond donors (Lipinski definition) is 4. The Morgan fingerprint density at radius 3 is 2.46 bits per heavy atom. The fraction of sp³-hybridized carbons (Fsp3) is 0.483. The molecule has 1 aromatic carbocycles. The molecule has 0 amide bonds. The fourth-order valence-corrected chi connectivity index (χ4v) is 7.34. The van der Waals surface area contributed by atoms with Crippen molar-refractivity contribution in [3.63, 3.8) is 0 Å². The first-order chi connectivity index (χ1) is 17.9. The van der Waals surface area contributed by atoms with Gasteiger partial charge in [0.1, 0.15) is 23.2 Å². The minimum Gasteiger partial charge on any atom is -0.507 e. The van der Waals surface area contributed by atoms with Crippen LogP contribution in [0.3, 0.4) is 0 Å². The van der Waals surface area contributed by atoms with Crippen LogP contribution in [0.25, 0.3) is 5.70 Å². The van der Waals surface area contributed by atoms with Gasteiger partial charge in [0, 0.05) is 55.5 Å². The Balaban J connectivity index is 1.17. The first kappa shape index (κ1) is 23.8.